The summed E-state index contributed by atoms with van der Waals surface area (Å²) in [5.41, 5.74) is 1.74. The molecule has 1 aromatic heterocycles. The van der Waals surface area contributed by atoms with Gasteiger partial charge in [0.1, 0.15) is 11.8 Å². The lowest BCUT2D eigenvalue weighted by Crippen LogP contribution is -2.24. The number of aryl methyl sites for hydroxylation is 1. The smallest absolute Gasteiger partial charge is 0.261 e. The summed E-state index contributed by atoms with van der Waals surface area (Å²) in [7, 11) is -0.678. The van der Waals surface area contributed by atoms with Crippen LogP contribution in [0, 0.1) is 0 Å². The molecule has 0 fully saturated rings. The molecular weight excluding hydrogens is 402 g/mol. The maximum Gasteiger partial charge on any atom is 0.261 e. The third-order valence-corrected chi connectivity index (χ3v) is 5.91. The number of hydrogen-bond donors (Lipinski definition) is 1. The molecule has 0 aliphatic rings. The van der Waals surface area contributed by atoms with Crippen molar-refractivity contribution in [1.29, 1.82) is 0 Å². The third-order valence-electron chi connectivity index (χ3n) is 4.02. The average Bonchev–Trinajstić information content (AvgIpc) is 3.05. The quantitative estimate of drug-likeness (QED) is 0.604. The van der Waals surface area contributed by atoms with Crippen LogP contribution >= 0.6 is 11.6 Å². The van der Waals surface area contributed by atoms with Crippen LogP contribution in [0.5, 0.6) is 11.5 Å². The minimum Gasteiger partial charge on any atom is -0.493 e. The number of nitrogens with one attached hydrogen (secondary N) is 1. The molecular formula is C19H20ClN3O4S. The van der Waals surface area contributed by atoms with Gasteiger partial charge in [0.05, 0.1) is 13.4 Å². The molecule has 1 N–H and O–H groups in total. The van der Waals surface area contributed by atoms with Crippen LogP contribution in [0.15, 0.2) is 59.9 Å². The van der Waals surface area contributed by atoms with Crippen molar-refractivity contribution < 1.29 is 17.9 Å². The molecule has 7 nitrogen and oxygen atoms in total. The fourth-order valence-corrected chi connectivity index (χ4v) is 3.94. The van der Waals surface area contributed by atoms with E-state index >= 15 is 0 Å². The Morgan fingerprint density at radius 1 is 1.11 bits per heavy atom. The molecule has 0 atom stereocenters. The van der Waals surface area contributed by atoms with Gasteiger partial charge in [0, 0.05) is 13.6 Å². The molecule has 2 aromatic carbocycles. The molecule has 148 valence electrons. The van der Waals surface area contributed by atoms with Crippen molar-refractivity contribution in [3.63, 3.8) is 0 Å². The van der Waals surface area contributed by atoms with Crippen molar-refractivity contribution >= 4 is 21.6 Å². The molecule has 0 saturated carbocycles. The van der Waals surface area contributed by atoms with Gasteiger partial charge in [-0.3, -0.25) is 0 Å². The zero-order valence-electron chi connectivity index (χ0n) is 15.4. The molecule has 0 radical (unpaired) electrons. The summed E-state index contributed by atoms with van der Waals surface area (Å²) < 4.78 is 39.9. The van der Waals surface area contributed by atoms with Gasteiger partial charge in [-0.05, 0) is 23.3 Å². The highest BCUT2D eigenvalue weighted by Gasteiger charge is 2.22. The number of halogens is 1. The van der Waals surface area contributed by atoms with Gasteiger partial charge in [-0.15, -0.1) is 0 Å². The van der Waals surface area contributed by atoms with E-state index in [2.05, 4.69) is 9.71 Å². The minimum atomic E-state index is -3.83. The average molecular weight is 422 g/mol. The van der Waals surface area contributed by atoms with Gasteiger partial charge in [0.15, 0.2) is 11.5 Å². The highest BCUT2D eigenvalue weighted by atomic mass is 35.5. The van der Waals surface area contributed by atoms with Crippen LogP contribution in [-0.4, -0.2) is 25.1 Å². The SMILES string of the molecule is COc1cc(CNS(=O)(=O)c2ncn(C)c2Cl)ccc1OCc1ccccc1. The normalized spacial score (nSPS) is 11.4. The molecule has 3 aromatic rings. The number of ether oxygens (including phenoxy) is 2. The van der Waals surface area contributed by atoms with Gasteiger partial charge in [0.25, 0.3) is 10.0 Å². The summed E-state index contributed by atoms with van der Waals surface area (Å²) in [6, 6.07) is 15.0. The lowest BCUT2D eigenvalue weighted by atomic mass is 10.2. The fraction of sp³-hybridized carbons (Fsp3) is 0.211. The molecule has 28 heavy (non-hydrogen) atoms. The summed E-state index contributed by atoms with van der Waals surface area (Å²) in [6.45, 7) is 0.464. The molecule has 1 heterocycles. The Kier molecular flexibility index (Phi) is 6.23. The number of hydrogen-bond acceptors (Lipinski definition) is 5. The first-order valence-electron chi connectivity index (χ1n) is 8.41. The van der Waals surface area contributed by atoms with E-state index in [0.29, 0.717) is 23.7 Å². The van der Waals surface area contributed by atoms with Crippen molar-refractivity contribution in [3.8, 4) is 11.5 Å². The maximum absolute atomic E-state index is 12.4. The zero-order chi connectivity index (χ0) is 20.1. The predicted octanol–water partition coefficient (Wildman–Crippen LogP) is 3.14. The summed E-state index contributed by atoms with van der Waals surface area (Å²) in [6.07, 6.45) is 1.35. The van der Waals surface area contributed by atoms with E-state index in [4.69, 9.17) is 21.1 Å². The van der Waals surface area contributed by atoms with Gasteiger partial charge in [-0.2, -0.15) is 0 Å². The van der Waals surface area contributed by atoms with E-state index in [0.717, 1.165) is 5.56 Å². The molecule has 0 spiro atoms. The Labute approximate surface area is 168 Å². The van der Waals surface area contributed by atoms with E-state index < -0.39 is 10.0 Å². The molecule has 0 bridgehead atoms. The zero-order valence-corrected chi connectivity index (χ0v) is 17.0. The lowest BCUT2D eigenvalue weighted by molar-refractivity contribution is 0.284. The molecule has 0 saturated heterocycles. The topological polar surface area (TPSA) is 82.5 Å². The maximum atomic E-state index is 12.4. The van der Waals surface area contributed by atoms with E-state index in [9.17, 15) is 8.42 Å². The highest BCUT2D eigenvalue weighted by Crippen LogP contribution is 2.29. The van der Waals surface area contributed by atoms with Crippen LogP contribution in [0.2, 0.25) is 5.15 Å². The Hall–Kier alpha value is -2.55. The summed E-state index contributed by atoms with van der Waals surface area (Å²) in [5, 5.41) is -0.152. The molecule has 3 rings (SSSR count). The van der Waals surface area contributed by atoms with E-state index in [1.807, 2.05) is 30.3 Å². The molecule has 0 unspecified atom stereocenters. The fourth-order valence-electron chi connectivity index (χ4n) is 2.50. The first-order chi connectivity index (χ1) is 13.4. The van der Waals surface area contributed by atoms with Gasteiger partial charge in [0.2, 0.25) is 5.03 Å². The number of nitrogens with zero attached hydrogens (tertiary/aromatic N) is 2. The number of rotatable bonds is 8. The Morgan fingerprint density at radius 2 is 1.86 bits per heavy atom. The van der Waals surface area contributed by atoms with Crippen molar-refractivity contribution in [1.82, 2.24) is 14.3 Å². The van der Waals surface area contributed by atoms with E-state index in [1.165, 1.54) is 18.0 Å². The van der Waals surface area contributed by atoms with E-state index in [1.54, 1.807) is 25.2 Å². The predicted molar refractivity (Wildman–Crippen MR) is 106 cm³/mol. The number of benzene rings is 2. The van der Waals surface area contributed by atoms with Gasteiger partial charge < -0.3 is 14.0 Å². The third kappa shape index (κ3) is 4.64. The van der Waals surface area contributed by atoms with Crippen molar-refractivity contribution in [2.75, 3.05) is 7.11 Å². The van der Waals surface area contributed by atoms with Crippen molar-refractivity contribution in [2.45, 2.75) is 18.2 Å². The van der Waals surface area contributed by atoms with E-state index in [-0.39, 0.29) is 16.7 Å². The second-order valence-corrected chi connectivity index (χ2v) is 8.08. The Balaban J connectivity index is 1.69. The standard InChI is InChI=1S/C19H20ClN3O4S/c1-23-13-21-19(18(23)20)28(24,25)22-11-15-8-9-16(17(10-15)26-2)27-12-14-6-4-3-5-7-14/h3-10,13,22H,11-12H2,1-2H3. The second kappa shape index (κ2) is 8.64. The number of methoxy groups -OCH3 is 1. The van der Waals surface area contributed by atoms with Crippen LogP contribution in [0.1, 0.15) is 11.1 Å². The number of aromatic nitrogens is 2. The van der Waals surface area contributed by atoms with Crippen molar-refractivity contribution in [3.05, 3.63) is 71.1 Å². The summed E-state index contributed by atoms with van der Waals surface area (Å²) >= 11 is 5.97. The highest BCUT2D eigenvalue weighted by molar-refractivity contribution is 7.89. The molecule has 0 amide bonds. The monoisotopic (exact) mass is 421 g/mol. The van der Waals surface area contributed by atoms with Crippen molar-refractivity contribution in [2.24, 2.45) is 7.05 Å². The first kappa shape index (κ1) is 20.2. The molecule has 9 heteroatoms. The summed E-state index contributed by atoms with van der Waals surface area (Å²) in [4.78, 5) is 3.84. The first-order valence-corrected chi connectivity index (χ1v) is 10.3. The van der Waals surface area contributed by atoms with Gasteiger partial charge >= 0.3 is 0 Å². The largest absolute Gasteiger partial charge is 0.493 e. The van der Waals surface area contributed by atoms with Crippen LogP contribution in [0.3, 0.4) is 0 Å². The number of imidazole rings is 1. The molecule has 0 aliphatic heterocycles. The van der Waals surface area contributed by atoms with Crippen LogP contribution < -0.4 is 14.2 Å². The minimum absolute atomic E-state index is 0.0507. The van der Waals surface area contributed by atoms with Crippen LogP contribution in [0.25, 0.3) is 0 Å². The Morgan fingerprint density at radius 3 is 2.50 bits per heavy atom. The Bertz CT molecular complexity index is 1050. The lowest BCUT2D eigenvalue weighted by Gasteiger charge is -2.13. The van der Waals surface area contributed by atoms with Gasteiger partial charge in [-0.1, -0.05) is 48.0 Å². The van der Waals surface area contributed by atoms with Gasteiger partial charge in [-0.25, -0.2) is 18.1 Å². The molecule has 0 aliphatic carbocycles. The van der Waals surface area contributed by atoms with Crippen LogP contribution in [-0.2, 0) is 30.2 Å². The number of sulfonamides is 1. The second-order valence-electron chi connectivity index (χ2n) is 6.04. The summed E-state index contributed by atoms with van der Waals surface area (Å²) in [5.74, 6) is 1.09. The van der Waals surface area contributed by atoms with Crippen LogP contribution in [0.4, 0.5) is 0 Å².